The summed E-state index contributed by atoms with van der Waals surface area (Å²) in [5.74, 6) is 0.346. The molecule has 0 amide bonds. The van der Waals surface area contributed by atoms with E-state index in [4.69, 9.17) is 5.11 Å². The average molecular weight is 241 g/mol. The van der Waals surface area contributed by atoms with E-state index in [1.807, 2.05) is 11.8 Å². The number of aliphatic hydroxyl groups excluding tert-OH is 1. The van der Waals surface area contributed by atoms with Crippen LogP contribution >= 0.6 is 0 Å². The van der Waals surface area contributed by atoms with E-state index in [0.29, 0.717) is 13.0 Å². The number of carboxylic acids is 1. The van der Waals surface area contributed by atoms with E-state index in [1.54, 1.807) is 0 Å². The monoisotopic (exact) mass is 241 g/mol. The fraction of sp³-hybridized carbons (Fsp3) is 0.923. The lowest BCUT2D eigenvalue weighted by Crippen LogP contribution is -2.50. The van der Waals surface area contributed by atoms with Gasteiger partial charge in [-0.2, -0.15) is 0 Å². The van der Waals surface area contributed by atoms with Crippen molar-refractivity contribution in [3.63, 3.8) is 0 Å². The molecule has 0 spiro atoms. The fourth-order valence-electron chi connectivity index (χ4n) is 2.93. The summed E-state index contributed by atoms with van der Waals surface area (Å²) in [6, 6.07) is -0.371. The van der Waals surface area contributed by atoms with Crippen LogP contribution in [0.25, 0.3) is 0 Å². The molecule has 98 valence electrons. The number of rotatable bonds is 5. The molecule has 0 radical (unpaired) electrons. The van der Waals surface area contributed by atoms with Crippen LogP contribution in [0.4, 0.5) is 0 Å². The summed E-state index contributed by atoms with van der Waals surface area (Å²) in [5.41, 5.74) is 0. The smallest absolute Gasteiger partial charge is 0.320 e. The zero-order valence-corrected chi connectivity index (χ0v) is 10.5. The number of hydrogen-bond acceptors (Lipinski definition) is 3. The van der Waals surface area contributed by atoms with Gasteiger partial charge < -0.3 is 10.2 Å². The highest BCUT2D eigenvalue weighted by Gasteiger charge is 2.36. The Morgan fingerprint density at radius 1 is 1.41 bits per heavy atom. The molecule has 3 unspecified atom stereocenters. The lowest BCUT2D eigenvalue weighted by Gasteiger charge is -2.39. The van der Waals surface area contributed by atoms with Crippen molar-refractivity contribution in [1.82, 2.24) is 4.90 Å². The number of likely N-dealkylation sites (tertiary alicyclic amines) is 1. The van der Waals surface area contributed by atoms with E-state index in [0.717, 1.165) is 25.3 Å². The average Bonchev–Trinajstić information content (AvgIpc) is 3.07. The molecule has 1 aliphatic heterocycles. The molecule has 1 heterocycles. The van der Waals surface area contributed by atoms with E-state index in [2.05, 4.69) is 0 Å². The second-order valence-electron chi connectivity index (χ2n) is 5.55. The zero-order valence-electron chi connectivity index (χ0n) is 10.5. The minimum atomic E-state index is -0.728. The molecule has 1 saturated heterocycles. The summed E-state index contributed by atoms with van der Waals surface area (Å²) in [7, 11) is 0. The molecule has 0 bridgehead atoms. The molecule has 2 fully saturated rings. The maximum Gasteiger partial charge on any atom is 0.320 e. The molecule has 4 heteroatoms. The number of carbonyl (C=O) groups is 1. The van der Waals surface area contributed by atoms with Crippen LogP contribution < -0.4 is 0 Å². The van der Waals surface area contributed by atoms with Gasteiger partial charge in [-0.15, -0.1) is 0 Å². The third-order valence-electron chi connectivity index (χ3n) is 4.17. The minimum Gasteiger partial charge on any atom is -0.480 e. The Hall–Kier alpha value is -0.610. The van der Waals surface area contributed by atoms with Gasteiger partial charge in [0.2, 0.25) is 0 Å². The van der Waals surface area contributed by atoms with Gasteiger partial charge in [0.1, 0.15) is 6.04 Å². The Morgan fingerprint density at radius 2 is 2.12 bits per heavy atom. The highest BCUT2D eigenvalue weighted by Crippen LogP contribution is 2.38. The number of piperidine rings is 1. The second-order valence-corrected chi connectivity index (χ2v) is 5.55. The van der Waals surface area contributed by atoms with E-state index in [1.165, 1.54) is 12.8 Å². The molecular formula is C13H23NO3. The molecule has 3 atom stereocenters. The summed E-state index contributed by atoms with van der Waals surface area (Å²) >= 11 is 0. The fourth-order valence-corrected chi connectivity index (χ4v) is 2.93. The van der Waals surface area contributed by atoms with Crippen LogP contribution in [0.15, 0.2) is 0 Å². The number of aliphatic carboxylic acids is 1. The van der Waals surface area contributed by atoms with Crippen molar-refractivity contribution < 1.29 is 15.0 Å². The predicted octanol–water partition coefficient (Wildman–Crippen LogP) is 1.33. The summed E-state index contributed by atoms with van der Waals surface area (Å²) in [5, 5.41) is 19.2. The molecular weight excluding hydrogens is 218 g/mol. The largest absolute Gasteiger partial charge is 0.480 e. The zero-order chi connectivity index (χ0) is 12.4. The molecule has 0 aromatic heterocycles. The highest BCUT2D eigenvalue weighted by atomic mass is 16.4. The maximum atomic E-state index is 11.1. The molecule has 2 rings (SSSR count). The molecule has 1 saturated carbocycles. The molecule has 0 aromatic carbocycles. The van der Waals surface area contributed by atoms with Crippen molar-refractivity contribution in [1.29, 1.82) is 0 Å². The normalized spacial score (nSPS) is 32.4. The summed E-state index contributed by atoms with van der Waals surface area (Å²) in [6.45, 7) is 3.38. The van der Waals surface area contributed by atoms with Crippen LogP contribution in [-0.4, -0.2) is 46.3 Å². The van der Waals surface area contributed by atoms with Crippen LogP contribution in [0.3, 0.4) is 0 Å². The van der Waals surface area contributed by atoms with Crippen molar-refractivity contribution >= 4 is 5.97 Å². The highest BCUT2D eigenvalue weighted by molar-refractivity contribution is 5.73. The van der Waals surface area contributed by atoms with Crippen LogP contribution in [0.2, 0.25) is 0 Å². The van der Waals surface area contributed by atoms with Gasteiger partial charge in [0.25, 0.3) is 0 Å². The first-order valence-electron chi connectivity index (χ1n) is 6.76. The van der Waals surface area contributed by atoms with Crippen LogP contribution in [0, 0.1) is 11.8 Å². The van der Waals surface area contributed by atoms with Gasteiger partial charge in [-0.05, 0) is 31.1 Å². The first-order chi connectivity index (χ1) is 8.11. The number of hydrogen-bond donors (Lipinski definition) is 2. The standard InChI is InChI=1S/C13H23NO3/c1-2-11(13(16)17)14-6-5-12(15)10(8-14)7-9-3-4-9/h9-12,15H,2-8H2,1H3,(H,16,17). The molecule has 1 aliphatic carbocycles. The minimum absolute atomic E-state index is 0.224. The molecule has 0 aromatic rings. The van der Waals surface area contributed by atoms with Gasteiger partial charge in [0.05, 0.1) is 6.10 Å². The van der Waals surface area contributed by atoms with Gasteiger partial charge in [-0.1, -0.05) is 19.8 Å². The van der Waals surface area contributed by atoms with Crippen molar-refractivity contribution in [3.8, 4) is 0 Å². The Balaban J connectivity index is 1.93. The predicted molar refractivity (Wildman–Crippen MR) is 64.7 cm³/mol. The lowest BCUT2D eigenvalue weighted by atomic mass is 9.89. The topological polar surface area (TPSA) is 60.8 Å². The summed E-state index contributed by atoms with van der Waals surface area (Å²) < 4.78 is 0. The van der Waals surface area contributed by atoms with E-state index in [9.17, 15) is 9.90 Å². The number of carboxylic acid groups (broad SMARTS) is 1. The first-order valence-corrected chi connectivity index (χ1v) is 6.76. The Labute approximate surface area is 103 Å². The number of aliphatic hydroxyl groups is 1. The van der Waals surface area contributed by atoms with Crippen molar-refractivity contribution in [2.75, 3.05) is 13.1 Å². The second kappa shape index (κ2) is 5.36. The lowest BCUT2D eigenvalue weighted by molar-refractivity contribution is -0.145. The van der Waals surface area contributed by atoms with Crippen LogP contribution in [-0.2, 0) is 4.79 Å². The third-order valence-corrected chi connectivity index (χ3v) is 4.17. The third kappa shape index (κ3) is 3.19. The van der Waals surface area contributed by atoms with E-state index >= 15 is 0 Å². The van der Waals surface area contributed by atoms with Gasteiger partial charge in [0.15, 0.2) is 0 Å². The molecule has 17 heavy (non-hydrogen) atoms. The number of nitrogens with zero attached hydrogens (tertiary/aromatic N) is 1. The van der Waals surface area contributed by atoms with Crippen LogP contribution in [0.1, 0.15) is 39.0 Å². The van der Waals surface area contributed by atoms with Gasteiger partial charge in [0, 0.05) is 13.1 Å². The van der Waals surface area contributed by atoms with Gasteiger partial charge in [-0.25, -0.2) is 0 Å². The van der Waals surface area contributed by atoms with E-state index < -0.39 is 5.97 Å². The summed E-state index contributed by atoms with van der Waals surface area (Å²) in [6.07, 6.45) is 4.80. The van der Waals surface area contributed by atoms with Crippen molar-refractivity contribution in [3.05, 3.63) is 0 Å². The molecule has 2 aliphatic rings. The summed E-state index contributed by atoms with van der Waals surface area (Å²) in [4.78, 5) is 13.2. The van der Waals surface area contributed by atoms with Crippen molar-refractivity contribution in [2.45, 2.75) is 51.2 Å². The first kappa shape index (κ1) is 12.8. The quantitative estimate of drug-likeness (QED) is 0.762. The van der Waals surface area contributed by atoms with Crippen LogP contribution in [0.5, 0.6) is 0 Å². The molecule has 4 nitrogen and oxygen atoms in total. The van der Waals surface area contributed by atoms with Gasteiger partial charge in [-0.3, -0.25) is 9.69 Å². The Bertz CT molecular complexity index is 278. The maximum absolute atomic E-state index is 11.1. The van der Waals surface area contributed by atoms with E-state index in [-0.39, 0.29) is 18.1 Å². The molecule has 2 N–H and O–H groups in total. The SMILES string of the molecule is CCC(C(=O)O)N1CCC(O)C(CC2CC2)C1. The Morgan fingerprint density at radius 3 is 2.65 bits per heavy atom. The van der Waals surface area contributed by atoms with Gasteiger partial charge >= 0.3 is 5.97 Å². The van der Waals surface area contributed by atoms with Crippen molar-refractivity contribution in [2.24, 2.45) is 11.8 Å². The Kier molecular flexibility index (Phi) is 4.05.